The van der Waals surface area contributed by atoms with Gasteiger partial charge in [0.05, 0.1) is 12.6 Å². The highest BCUT2D eigenvalue weighted by molar-refractivity contribution is 5.87. The number of carboxylic acids is 1. The van der Waals surface area contributed by atoms with E-state index in [-0.39, 0.29) is 18.4 Å². The molecule has 1 aromatic rings. The molecular formula is C21H30N2O5. The summed E-state index contributed by atoms with van der Waals surface area (Å²) in [6.07, 6.45) is 1.33. The summed E-state index contributed by atoms with van der Waals surface area (Å²) in [7, 11) is 0. The molecule has 0 bridgehead atoms. The predicted octanol–water partition coefficient (Wildman–Crippen LogP) is 2.17. The number of hydrogen-bond acceptors (Lipinski definition) is 5. The Morgan fingerprint density at radius 1 is 1.25 bits per heavy atom. The van der Waals surface area contributed by atoms with Gasteiger partial charge in [-0.2, -0.15) is 0 Å². The maximum atomic E-state index is 12.8. The van der Waals surface area contributed by atoms with Crippen LogP contribution < -0.4 is 5.32 Å². The molecule has 28 heavy (non-hydrogen) atoms. The van der Waals surface area contributed by atoms with Gasteiger partial charge in [0.2, 0.25) is 5.91 Å². The number of nitrogens with one attached hydrogen (secondary N) is 1. The van der Waals surface area contributed by atoms with Crippen LogP contribution in [0, 0.1) is 0 Å². The minimum Gasteiger partial charge on any atom is -0.480 e. The van der Waals surface area contributed by atoms with Crippen LogP contribution in [0.3, 0.4) is 0 Å². The zero-order valence-corrected chi connectivity index (χ0v) is 17.0. The van der Waals surface area contributed by atoms with Crippen LogP contribution in [0.1, 0.15) is 52.0 Å². The third-order valence-electron chi connectivity index (χ3n) is 4.77. The van der Waals surface area contributed by atoms with E-state index in [0.717, 1.165) is 12.0 Å². The standard InChI is InChI=1S/C21H30N2O5/c1-14(20(26)27)22-19(25)17-12-16(15-8-6-5-7-9-15)10-11-23(17)13-18(24)28-21(2,3)4/h5-9,14,16-17H,10-13H2,1-4H3,(H,22,25)(H,26,27)/t14-,16-,17+/m0/s1. The molecule has 0 spiro atoms. The number of piperidine rings is 1. The minimum absolute atomic E-state index is 0.00167. The number of aliphatic carboxylic acids is 1. The second-order valence-electron chi connectivity index (χ2n) is 8.27. The summed E-state index contributed by atoms with van der Waals surface area (Å²) in [5.41, 5.74) is 0.540. The molecule has 7 nitrogen and oxygen atoms in total. The zero-order chi connectivity index (χ0) is 20.9. The number of ether oxygens (including phenoxy) is 1. The third kappa shape index (κ3) is 6.34. The van der Waals surface area contributed by atoms with E-state index >= 15 is 0 Å². The monoisotopic (exact) mass is 390 g/mol. The van der Waals surface area contributed by atoms with Crippen molar-refractivity contribution in [3.8, 4) is 0 Å². The molecule has 0 aliphatic carbocycles. The first-order valence-corrected chi connectivity index (χ1v) is 9.61. The van der Waals surface area contributed by atoms with Gasteiger partial charge in [-0.25, -0.2) is 0 Å². The van der Waals surface area contributed by atoms with E-state index in [1.54, 1.807) is 25.7 Å². The van der Waals surface area contributed by atoms with Crippen LogP contribution in [0.4, 0.5) is 0 Å². The van der Waals surface area contributed by atoms with Gasteiger partial charge in [0.25, 0.3) is 0 Å². The fourth-order valence-corrected chi connectivity index (χ4v) is 3.41. The number of likely N-dealkylation sites (tertiary alicyclic amines) is 1. The highest BCUT2D eigenvalue weighted by Crippen LogP contribution is 2.31. The van der Waals surface area contributed by atoms with Crippen LogP contribution in [-0.4, -0.2) is 58.6 Å². The first-order chi connectivity index (χ1) is 13.1. The van der Waals surface area contributed by atoms with Crippen molar-refractivity contribution in [1.29, 1.82) is 0 Å². The lowest BCUT2D eigenvalue weighted by Crippen LogP contribution is -2.55. The second-order valence-corrected chi connectivity index (χ2v) is 8.27. The SMILES string of the molecule is C[C@H](NC(=O)[C@H]1C[C@@H](c2ccccc2)CCN1CC(=O)OC(C)(C)C)C(=O)O. The van der Waals surface area contributed by atoms with Crippen molar-refractivity contribution in [1.82, 2.24) is 10.2 Å². The van der Waals surface area contributed by atoms with E-state index in [2.05, 4.69) is 5.32 Å². The molecule has 1 aliphatic rings. The molecule has 2 rings (SSSR count). The lowest BCUT2D eigenvalue weighted by Gasteiger charge is -2.38. The van der Waals surface area contributed by atoms with E-state index < -0.39 is 29.6 Å². The molecule has 0 saturated carbocycles. The summed E-state index contributed by atoms with van der Waals surface area (Å²) < 4.78 is 5.39. The molecular weight excluding hydrogens is 360 g/mol. The summed E-state index contributed by atoms with van der Waals surface area (Å²) >= 11 is 0. The van der Waals surface area contributed by atoms with Crippen molar-refractivity contribution < 1.29 is 24.2 Å². The molecule has 1 amide bonds. The maximum Gasteiger partial charge on any atom is 0.325 e. The molecule has 1 fully saturated rings. The number of benzene rings is 1. The van der Waals surface area contributed by atoms with Gasteiger partial charge in [-0.3, -0.25) is 19.3 Å². The Balaban J connectivity index is 2.14. The van der Waals surface area contributed by atoms with E-state index in [1.807, 2.05) is 30.3 Å². The average molecular weight is 390 g/mol. The maximum absolute atomic E-state index is 12.8. The number of hydrogen-bond donors (Lipinski definition) is 2. The van der Waals surface area contributed by atoms with Crippen molar-refractivity contribution >= 4 is 17.8 Å². The first kappa shape index (κ1) is 21.9. The molecule has 7 heteroatoms. The van der Waals surface area contributed by atoms with Crippen LogP contribution >= 0.6 is 0 Å². The fourth-order valence-electron chi connectivity index (χ4n) is 3.41. The molecule has 1 saturated heterocycles. The van der Waals surface area contributed by atoms with E-state index in [4.69, 9.17) is 9.84 Å². The largest absolute Gasteiger partial charge is 0.480 e. The average Bonchev–Trinajstić information content (AvgIpc) is 2.60. The van der Waals surface area contributed by atoms with Crippen molar-refractivity contribution in [3.63, 3.8) is 0 Å². The van der Waals surface area contributed by atoms with Gasteiger partial charge < -0.3 is 15.2 Å². The highest BCUT2D eigenvalue weighted by Gasteiger charge is 2.36. The normalized spacial score (nSPS) is 21.6. The van der Waals surface area contributed by atoms with Crippen molar-refractivity contribution in [2.75, 3.05) is 13.1 Å². The van der Waals surface area contributed by atoms with Crippen molar-refractivity contribution in [2.24, 2.45) is 0 Å². The molecule has 0 radical (unpaired) electrons. The van der Waals surface area contributed by atoms with Gasteiger partial charge in [0, 0.05) is 6.54 Å². The van der Waals surface area contributed by atoms with Gasteiger partial charge in [0.15, 0.2) is 0 Å². The smallest absolute Gasteiger partial charge is 0.325 e. The Hall–Kier alpha value is -2.41. The number of amides is 1. The first-order valence-electron chi connectivity index (χ1n) is 9.61. The number of carboxylic acid groups (broad SMARTS) is 1. The van der Waals surface area contributed by atoms with E-state index in [9.17, 15) is 14.4 Å². The number of nitrogens with zero attached hydrogens (tertiary/aromatic N) is 1. The van der Waals surface area contributed by atoms with Gasteiger partial charge >= 0.3 is 11.9 Å². The fraction of sp³-hybridized carbons (Fsp3) is 0.571. The second kappa shape index (κ2) is 9.19. The van der Waals surface area contributed by atoms with Crippen molar-refractivity contribution in [3.05, 3.63) is 35.9 Å². The topological polar surface area (TPSA) is 95.9 Å². The van der Waals surface area contributed by atoms with Gasteiger partial charge in [-0.1, -0.05) is 30.3 Å². The van der Waals surface area contributed by atoms with Crippen LogP contribution in [0.5, 0.6) is 0 Å². The Bertz CT molecular complexity index is 698. The lowest BCUT2D eigenvalue weighted by molar-refractivity contribution is -0.158. The van der Waals surface area contributed by atoms with E-state index in [1.165, 1.54) is 6.92 Å². The summed E-state index contributed by atoms with van der Waals surface area (Å²) in [6.45, 7) is 7.37. The lowest BCUT2D eigenvalue weighted by atomic mass is 9.85. The Labute approximate surface area is 166 Å². The number of rotatable bonds is 6. The number of carbonyl (C=O) groups excluding carboxylic acids is 2. The quantitative estimate of drug-likeness (QED) is 0.723. The Morgan fingerprint density at radius 2 is 1.89 bits per heavy atom. The molecule has 154 valence electrons. The van der Waals surface area contributed by atoms with Crippen molar-refractivity contribution in [2.45, 2.75) is 64.1 Å². The summed E-state index contributed by atoms with van der Waals surface area (Å²) in [5, 5.41) is 11.6. The van der Waals surface area contributed by atoms with Gasteiger partial charge in [-0.05, 0) is 52.0 Å². The molecule has 1 aliphatic heterocycles. The van der Waals surface area contributed by atoms with Gasteiger partial charge in [0.1, 0.15) is 11.6 Å². The molecule has 1 aromatic carbocycles. The summed E-state index contributed by atoms with van der Waals surface area (Å²) in [4.78, 5) is 38.0. The molecule has 2 N–H and O–H groups in total. The zero-order valence-electron chi connectivity index (χ0n) is 17.0. The molecule has 0 aromatic heterocycles. The van der Waals surface area contributed by atoms with Crippen LogP contribution in [-0.2, 0) is 19.1 Å². The molecule has 3 atom stereocenters. The number of carbonyl (C=O) groups is 3. The Kier molecular flexibility index (Phi) is 7.18. The van der Waals surface area contributed by atoms with Crippen LogP contribution in [0.2, 0.25) is 0 Å². The summed E-state index contributed by atoms with van der Waals surface area (Å²) in [5.74, 6) is -1.69. The Morgan fingerprint density at radius 3 is 2.46 bits per heavy atom. The van der Waals surface area contributed by atoms with Gasteiger partial charge in [-0.15, -0.1) is 0 Å². The number of esters is 1. The summed E-state index contributed by atoms with van der Waals surface area (Å²) in [6, 6.07) is 8.35. The van der Waals surface area contributed by atoms with Crippen LogP contribution in [0.15, 0.2) is 30.3 Å². The molecule has 0 unspecified atom stereocenters. The predicted molar refractivity (Wildman–Crippen MR) is 105 cm³/mol. The highest BCUT2D eigenvalue weighted by atomic mass is 16.6. The third-order valence-corrected chi connectivity index (χ3v) is 4.77. The minimum atomic E-state index is -1.09. The molecule has 1 heterocycles. The van der Waals surface area contributed by atoms with E-state index in [0.29, 0.717) is 13.0 Å². The van der Waals surface area contributed by atoms with Crippen LogP contribution in [0.25, 0.3) is 0 Å².